The predicted molar refractivity (Wildman–Crippen MR) is 64.8 cm³/mol. The van der Waals surface area contributed by atoms with Crippen LogP contribution in [0.4, 0.5) is 0 Å². The topological polar surface area (TPSA) is 0 Å². The van der Waals surface area contributed by atoms with Crippen LogP contribution in [0.3, 0.4) is 0 Å². The van der Waals surface area contributed by atoms with E-state index in [1.807, 2.05) is 12.2 Å². The molecule has 13 heavy (non-hydrogen) atoms. The van der Waals surface area contributed by atoms with E-state index in [0.717, 1.165) is 6.42 Å². The minimum absolute atomic E-state index is 0. The van der Waals surface area contributed by atoms with Crippen LogP contribution in [0, 0.1) is 35.8 Å². The Labute approximate surface area is 102 Å². The van der Waals surface area contributed by atoms with Crippen LogP contribution < -0.4 is 0 Å². The van der Waals surface area contributed by atoms with E-state index in [0.29, 0.717) is 0 Å². The molecule has 0 saturated carbocycles. The molecule has 0 aromatic carbocycles. The second-order valence-electron chi connectivity index (χ2n) is 1.22. The average Bonchev–Trinajstić information content (AvgIpc) is 2.11. The van der Waals surface area contributed by atoms with Gasteiger partial charge in [0.05, 0.1) is 0 Å². The fourth-order valence-corrected chi connectivity index (χ4v) is 0.340. The summed E-state index contributed by atoms with van der Waals surface area (Å²) in [5.74, 6) is 0. The fraction of sp³-hybridized carbons (Fsp3) is 0.111. The van der Waals surface area contributed by atoms with Crippen molar-refractivity contribution in [2.24, 2.45) is 0 Å². The third-order valence-corrected chi connectivity index (χ3v) is 0.586. The number of rotatable bonds is 0. The van der Waals surface area contributed by atoms with Crippen molar-refractivity contribution in [2.75, 3.05) is 0 Å². The van der Waals surface area contributed by atoms with Crippen LogP contribution in [-0.2, 0) is 14.7 Å². The molecule has 0 amide bonds. The van der Waals surface area contributed by atoms with Crippen LogP contribution in [0.15, 0.2) is 18.2 Å². The summed E-state index contributed by atoms with van der Waals surface area (Å²) in [6.07, 6.45) is 10.0. The van der Waals surface area contributed by atoms with Crippen molar-refractivity contribution in [1.29, 1.82) is 0 Å². The summed E-state index contributed by atoms with van der Waals surface area (Å²) in [6, 6.07) is 0. The van der Waals surface area contributed by atoms with E-state index >= 15 is 0 Å². The third-order valence-electron chi connectivity index (χ3n) is 0.586. The zero-order valence-electron chi connectivity index (χ0n) is 8.57. The summed E-state index contributed by atoms with van der Waals surface area (Å²) in [7, 11) is 14.9. The molecule has 0 radical (unpaired) electrons. The monoisotopic (exact) mass is 278 g/mol. The quantitative estimate of drug-likeness (QED) is 0.424. The van der Waals surface area contributed by atoms with Gasteiger partial charge in [0.1, 0.15) is 0 Å². The van der Waals surface area contributed by atoms with Crippen LogP contribution in [0.5, 0.6) is 0 Å². The van der Waals surface area contributed by atoms with E-state index in [1.54, 1.807) is 0 Å². The summed E-state index contributed by atoms with van der Waals surface area (Å²) in [6.45, 7) is 0. The number of hydrogen-bond acceptors (Lipinski definition) is 0. The third kappa shape index (κ3) is 43.5. The molecule has 1 aliphatic rings. The molecule has 4 heteroatoms. The van der Waals surface area contributed by atoms with Crippen molar-refractivity contribution in [2.45, 2.75) is 6.42 Å². The normalized spacial score (nSPS) is 8.85. The van der Waals surface area contributed by atoms with Gasteiger partial charge in [-0.1, -0.05) is 0 Å². The molecule has 1 rings (SSSR count). The van der Waals surface area contributed by atoms with Crippen molar-refractivity contribution in [1.82, 2.24) is 0 Å². The van der Waals surface area contributed by atoms with Crippen molar-refractivity contribution in [3.05, 3.63) is 54.0 Å². The SMILES string of the molecule is [C-]1=CC=CC1.[CH3-].[CH3-].[CH3-].[CH3-].[Cl][Ti]([Cl])[Cl]. The minimum atomic E-state index is -1.92. The summed E-state index contributed by atoms with van der Waals surface area (Å²) >= 11 is -1.92. The van der Waals surface area contributed by atoms with E-state index < -0.39 is 14.7 Å². The van der Waals surface area contributed by atoms with Crippen molar-refractivity contribution in [3.63, 3.8) is 0 Å². The molecule has 0 bridgehead atoms. The standard InChI is InChI=1S/C5H5.4CH3.3ClH.Ti/c1-2-4-5-3-1;;;;;;;;/h1-3H,4H2;4*1H3;3*1H;/q5*-1;;;;+3/p-3. The van der Waals surface area contributed by atoms with Gasteiger partial charge in [0.15, 0.2) is 0 Å². The van der Waals surface area contributed by atoms with Crippen LogP contribution in [0.1, 0.15) is 6.42 Å². The first-order valence-corrected chi connectivity index (χ1v) is 8.73. The van der Waals surface area contributed by atoms with Crippen LogP contribution in [-0.4, -0.2) is 0 Å². The van der Waals surface area contributed by atoms with E-state index in [1.165, 1.54) is 0 Å². The summed E-state index contributed by atoms with van der Waals surface area (Å²) < 4.78 is 0. The van der Waals surface area contributed by atoms with Gasteiger partial charge in [0.25, 0.3) is 0 Å². The Kier molecular flexibility index (Phi) is 52.0. The molecule has 0 nitrogen and oxygen atoms in total. The van der Waals surface area contributed by atoms with Gasteiger partial charge in [-0.05, 0) is 0 Å². The summed E-state index contributed by atoms with van der Waals surface area (Å²) in [5, 5.41) is 0. The van der Waals surface area contributed by atoms with Gasteiger partial charge in [-0.2, -0.15) is 6.08 Å². The van der Waals surface area contributed by atoms with E-state index in [-0.39, 0.29) is 29.7 Å². The van der Waals surface area contributed by atoms with Gasteiger partial charge < -0.3 is 29.7 Å². The van der Waals surface area contributed by atoms with Gasteiger partial charge in [0, 0.05) is 0 Å². The average molecular weight is 279 g/mol. The fourth-order valence-electron chi connectivity index (χ4n) is 0.340. The van der Waals surface area contributed by atoms with Gasteiger partial charge >= 0.3 is 42.6 Å². The Bertz CT molecular complexity index is 98.7. The van der Waals surface area contributed by atoms with Gasteiger partial charge in [-0.15, -0.1) is 6.42 Å². The van der Waals surface area contributed by atoms with E-state index in [9.17, 15) is 0 Å². The number of allylic oxidation sites excluding steroid dienone is 4. The molecule has 0 atom stereocenters. The molecule has 0 unspecified atom stereocenters. The first-order chi connectivity index (χ1) is 4.23. The number of hydrogen-bond donors (Lipinski definition) is 0. The summed E-state index contributed by atoms with van der Waals surface area (Å²) in [4.78, 5) is 0. The second-order valence-corrected chi connectivity index (χ2v) is 8.95. The predicted octanol–water partition coefficient (Wildman–Crippen LogP) is 5.17. The Morgan fingerprint density at radius 3 is 1.46 bits per heavy atom. The zero-order chi connectivity index (χ0) is 7.11. The van der Waals surface area contributed by atoms with Gasteiger partial charge in [-0.25, -0.2) is 12.2 Å². The first kappa shape index (κ1) is 29.2. The summed E-state index contributed by atoms with van der Waals surface area (Å²) in [5.41, 5.74) is 0. The maximum atomic E-state index is 4.97. The van der Waals surface area contributed by atoms with E-state index in [4.69, 9.17) is 27.9 Å². The van der Waals surface area contributed by atoms with Gasteiger partial charge in [0.2, 0.25) is 0 Å². The second kappa shape index (κ2) is 23.1. The Hall–Kier alpha value is 1.06. The van der Waals surface area contributed by atoms with Crippen molar-refractivity contribution >= 4 is 27.9 Å². The Morgan fingerprint density at radius 1 is 1.00 bits per heavy atom. The maximum absolute atomic E-state index is 4.97. The molecule has 1 aliphatic carbocycles. The number of halogens is 3. The van der Waals surface area contributed by atoms with Crippen LogP contribution in [0.25, 0.3) is 0 Å². The molecule has 0 N–H and O–H groups in total. The Morgan fingerprint density at radius 2 is 1.38 bits per heavy atom. The molecular weight excluding hydrogens is 262 g/mol. The van der Waals surface area contributed by atoms with Crippen molar-refractivity contribution < 1.29 is 14.7 Å². The zero-order valence-corrected chi connectivity index (χ0v) is 12.4. The molecule has 83 valence electrons. The van der Waals surface area contributed by atoms with Gasteiger partial charge in [-0.3, -0.25) is 6.08 Å². The molecular formula is C9H17Cl3Ti-5. The molecule has 0 aromatic heterocycles. The van der Waals surface area contributed by atoms with Crippen LogP contribution >= 0.6 is 27.9 Å². The molecule has 0 aliphatic heterocycles. The van der Waals surface area contributed by atoms with E-state index in [2.05, 4.69) is 12.2 Å². The van der Waals surface area contributed by atoms with Crippen molar-refractivity contribution in [3.8, 4) is 0 Å². The molecule has 0 aromatic rings. The first-order valence-electron chi connectivity index (χ1n) is 2.28. The molecule has 0 spiro atoms. The van der Waals surface area contributed by atoms with Crippen LogP contribution in [0.2, 0.25) is 0 Å². The molecule has 0 saturated heterocycles. The molecule has 0 fully saturated rings. The molecule has 0 heterocycles. The Balaban J connectivity index is -0.0000000256.